The third-order valence-electron chi connectivity index (χ3n) is 4.73. The lowest BCUT2D eigenvalue weighted by Gasteiger charge is -2.13. The number of aromatic carboxylic acids is 1. The molecule has 162 valence electrons. The molecule has 0 aliphatic rings. The summed E-state index contributed by atoms with van der Waals surface area (Å²) in [5, 5.41) is 12.6. The molecule has 8 heteroatoms. The summed E-state index contributed by atoms with van der Waals surface area (Å²) in [6.45, 7) is 0.610. The third-order valence-corrected chi connectivity index (χ3v) is 6.13. The highest BCUT2D eigenvalue weighted by Crippen LogP contribution is 2.21. The molecule has 0 saturated carbocycles. The van der Waals surface area contributed by atoms with Gasteiger partial charge in [-0.2, -0.15) is 0 Å². The van der Waals surface area contributed by atoms with Gasteiger partial charge in [-0.25, -0.2) is 17.9 Å². The Bertz CT molecular complexity index is 1130. The van der Waals surface area contributed by atoms with E-state index in [1.165, 1.54) is 18.2 Å². The fourth-order valence-corrected chi connectivity index (χ4v) is 4.06. The number of hydrogen-bond acceptors (Lipinski definition) is 5. The molecule has 3 N–H and O–H groups in total. The molecule has 0 saturated heterocycles. The van der Waals surface area contributed by atoms with Gasteiger partial charge in [0.1, 0.15) is 5.75 Å². The van der Waals surface area contributed by atoms with Crippen molar-refractivity contribution in [3.63, 3.8) is 0 Å². The molecule has 0 spiro atoms. The third kappa shape index (κ3) is 6.07. The van der Waals surface area contributed by atoms with E-state index in [-0.39, 0.29) is 17.0 Å². The number of sulfonamides is 1. The van der Waals surface area contributed by atoms with Gasteiger partial charge in [-0.1, -0.05) is 42.5 Å². The number of carbonyl (C=O) groups is 1. The van der Waals surface area contributed by atoms with Crippen LogP contribution in [0.1, 0.15) is 21.5 Å². The monoisotopic (exact) mass is 440 g/mol. The number of carboxylic acids is 1. The zero-order chi connectivity index (χ0) is 22.3. The predicted molar refractivity (Wildman–Crippen MR) is 119 cm³/mol. The molecule has 0 amide bonds. The second-order valence-electron chi connectivity index (χ2n) is 6.85. The lowest BCUT2D eigenvalue weighted by molar-refractivity contribution is 0.0697. The van der Waals surface area contributed by atoms with E-state index in [1.807, 2.05) is 42.5 Å². The van der Waals surface area contributed by atoms with E-state index in [4.69, 9.17) is 4.74 Å². The molecular formula is C23H24N2O5S. The van der Waals surface area contributed by atoms with Crippen molar-refractivity contribution < 1.29 is 23.1 Å². The maximum Gasteiger partial charge on any atom is 0.337 e. The molecule has 7 nitrogen and oxygen atoms in total. The van der Waals surface area contributed by atoms with Crippen LogP contribution in [0, 0.1) is 0 Å². The maximum atomic E-state index is 12.6. The molecule has 3 rings (SSSR count). The van der Waals surface area contributed by atoms with Gasteiger partial charge in [-0.15, -0.1) is 0 Å². The topological polar surface area (TPSA) is 105 Å². The van der Waals surface area contributed by atoms with Crippen molar-refractivity contribution in [3.05, 3.63) is 89.5 Å². The minimum atomic E-state index is -3.85. The van der Waals surface area contributed by atoms with Crippen molar-refractivity contribution in [3.8, 4) is 5.75 Å². The van der Waals surface area contributed by atoms with E-state index in [0.717, 1.165) is 16.9 Å². The van der Waals surface area contributed by atoms with Crippen LogP contribution in [0.25, 0.3) is 0 Å². The number of nitrogens with one attached hydrogen (secondary N) is 2. The summed E-state index contributed by atoms with van der Waals surface area (Å²) in [6.07, 6.45) is 0.668. The molecule has 0 radical (unpaired) electrons. The number of methoxy groups -OCH3 is 1. The molecule has 0 heterocycles. The van der Waals surface area contributed by atoms with Crippen molar-refractivity contribution in [2.24, 2.45) is 0 Å². The molecular weight excluding hydrogens is 416 g/mol. The Hall–Kier alpha value is -3.36. The Morgan fingerprint density at radius 1 is 0.968 bits per heavy atom. The van der Waals surface area contributed by atoms with E-state index >= 15 is 0 Å². The zero-order valence-electron chi connectivity index (χ0n) is 17.0. The summed E-state index contributed by atoms with van der Waals surface area (Å²) >= 11 is 0. The van der Waals surface area contributed by atoms with Gasteiger partial charge in [0.15, 0.2) is 0 Å². The van der Waals surface area contributed by atoms with Crippen LogP contribution in [0.5, 0.6) is 5.75 Å². The first kappa shape index (κ1) is 22.3. The van der Waals surface area contributed by atoms with Crippen molar-refractivity contribution >= 4 is 21.7 Å². The van der Waals surface area contributed by atoms with E-state index < -0.39 is 16.0 Å². The Kier molecular flexibility index (Phi) is 7.28. The van der Waals surface area contributed by atoms with Crippen molar-refractivity contribution in [1.29, 1.82) is 0 Å². The number of benzene rings is 3. The molecule has 0 unspecified atom stereocenters. The minimum Gasteiger partial charge on any atom is -0.497 e. The van der Waals surface area contributed by atoms with Crippen molar-refractivity contribution in [2.75, 3.05) is 19.0 Å². The van der Waals surface area contributed by atoms with Crippen LogP contribution in [0.2, 0.25) is 0 Å². The Morgan fingerprint density at radius 2 is 1.68 bits per heavy atom. The van der Waals surface area contributed by atoms with Crippen LogP contribution in [0.15, 0.2) is 77.7 Å². The Morgan fingerprint density at radius 3 is 2.32 bits per heavy atom. The van der Waals surface area contributed by atoms with Crippen LogP contribution in [0.4, 0.5) is 5.69 Å². The average Bonchev–Trinajstić information content (AvgIpc) is 2.79. The maximum absolute atomic E-state index is 12.6. The summed E-state index contributed by atoms with van der Waals surface area (Å²) in [7, 11) is -2.25. The van der Waals surface area contributed by atoms with Crippen LogP contribution in [-0.4, -0.2) is 33.1 Å². The van der Waals surface area contributed by atoms with Gasteiger partial charge in [0.05, 0.1) is 17.6 Å². The zero-order valence-corrected chi connectivity index (χ0v) is 17.9. The minimum absolute atomic E-state index is 0.0958. The largest absolute Gasteiger partial charge is 0.497 e. The Balaban J connectivity index is 1.68. The normalized spacial score (nSPS) is 11.1. The molecule has 3 aromatic carbocycles. The van der Waals surface area contributed by atoms with E-state index in [0.29, 0.717) is 18.7 Å². The molecule has 0 aliphatic carbocycles. The first-order valence-corrected chi connectivity index (χ1v) is 11.1. The summed E-state index contributed by atoms with van der Waals surface area (Å²) in [4.78, 5) is 11.6. The van der Waals surface area contributed by atoms with E-state index in [2.05, 4.69) is 10.0 Å². The summed E-state index contributed by atoms with van der Waals surface area (Å²) < 4.78 is 32.8. The van der Waals surface area contributed by atoms with Crippen LogP contribution >= 0.6 is 0 Å². The lowest BCUT2D eigenvalue weighted by atomic mass is 10.1. The van der Waals surface area contributed by atoms with Gasteiger partial charge >= 0.3 is 5.97 Å². The first-order valence-electron chi connectivity index (χ1n) is 9.67. The highest BCUT2D eigenvalue weighted by atomic mass is 32.2. The highest BCUT2D eigenvalue weighted by molar-refractivity contribution is 7.89. The lowest BCUT2D eigenvalue weighted by Crippen LogP contribution is -2.23. The van der Waals surface area contributed by atoms with Gasteiger partial charge < -0.3 is 15.2 Å². The molecule has 0 fully saturated rings. The molecule has 0 aliphatic heterocycles. The van der Waals surface area contributed by atoms with Crippen LogP contribution in [-0.2, 0) is 23.0 Å². The quantitative estimate of drug-likeness (QED) is 0.446. The SMILES string of the molecule is COc1ccc(CCNc2ccc(S(=O)(=O)NCc3ccccc3)cc2C(=O)O)cc1. The predicted octanol–water partition coefficient (Wildman–Crippen LogP) is 3.53. The molecule has 31 heavy (non-hydrogen) atoms. The number of carboxylic acid groups (broad SMARTS) is 1. The fourth-order valence-electron chi connectivity index (χ4n) is 3.01. The van der Waals surface area contributed by atoms with Gasteiger partial charge in [-0.3, -0.25) is 0 Å². The number of rotatable bonds is 10. The molecule has 0 aromatic heterocycles. The summed E-state index contributed by atoms with van der Waals surface area (Å²) in [6, 6.07) is 20.7. The molecule has 3 aromatic rings. The van der Waals surface area contributed by atoms with Gasteiger partial charge in [0.2, 0.25) is 10.0 Å². The molecule has 0 bridgehead atoms. The van der Waals surface area contributed by atoms with E-state index in [1.54, 1.807) is 19.2 Å². The highest BCUT2D eigenvalue weighted by Gasteiger charge is 2.19. The van der Waals surface area contributed by atoms with Gasteiger partial charge in [-0.05, 0) is 47.9 Å². The second-order valence-corrected chi connectivity index (χ2v) is 8.61. The van der Waals surface area contributed by atoms with Crippen LogP contribution < -0.4 is 14.8 Å². The number of anilines is 1. The fraction of sp³-hybridized carbons (Fsp3) is 0.174. The smallest absolute Gasteiger partial charge is 0.337 e. The average molecular weight is 441 g/mol. The molecule has 0 atom stereocenters. The number of hydrogen-bond donors (Lipinski definition) is 3. The van der Waals surface area contributed by atoms with Gasteiger partial charge in [0.25, 0.3) is 0 Å². The summed E-state index contributed by atoms with van der Waals surface area (Å²) in [5.74, 6) is -0.436. The number of ether oxygens (including phenoxy) is 1. The first-order chi connectivity index (χ1) is 14.9. The van der Waals surface area contributed by atoms with Crippen molar-refractivity contribution in [1.82, 2.24) is 4.72 Å². The summed E-state index contributed by atoms with van der Waals surface area (Å²) in [5.41, 5.74) is 2.14. The van der Waals surface area contributed by atoms with Crippen molar-refractivity contribution in [2.45, 2.75) is 17.9 Å². The standard InChI is InChI=1S/C23H24N2O5S/c1-30-19-9-7-17(8-10-19)13-14-24-22-12-11-20(15-21(22)23(26)27)31(28,29)25-16-18-5-3-2-4-6-18/h2-12,15,24-25H,13-14,16H2,1H3,(H,26,27). The Labute approximate surface area is 181 Å². The second kappa shape index (κ2) is 10.1. The van der Waals surface area contributed by atoms with Gasteiger partial charge in [0, 0.05) is 18.8 Å². The van der Waals surface area contributed by atoms with E-state index in [9.17, 15) is 18.3 Å². The van der Waals surface area contributed by atoms with Crippen LogP contribution in [0.3, 0.4) is 0 Å².